The number of carbonyl (C=O) groups excluding carboxylic acids is 2. The lowest BCUT2D eigenvalue weighted by Crippen LogP contribution is -2.56. The van der Waals surface area contributed by atoms with E-state index in [0.717, 1.165) is 25.7 Å². The molecule has 0 unspecified atom stereocenters. The average Bonchev–Trinajstić information content (AvgIpc) is 3.21. The molecule has 1 aliphatic heterocycles. The Morgan fingerprint density at radius 2 is 1.74 bits per heavy atom. The molecule has 0 bridgehead atoms. The Bertz CT molecular complexity index is 1140. The maximum Gasteiger partial charge on any atom is 0.262 e. The zero-order valence-electron chi connectivity index (χ0n) is 20.3. The largest absolute Gasteiger partial charge is 0.368 e. The number of nitrogens with one attached hydrogen (secondary N) is 1. The van der Waals surface area contributed by atoms with Gasteiger partial charge in [-0.05, 0) is 25.3 Å². The SMILES string of the molecule is Cc1nc(S(=O)(=O)N2CCN([C@@H]3CCCC[C@H]3C(=O)N[C@H](C(N)=O)c3ccccc3)CC2)cn1C. The fraction of sp³-hybridized carbons (Fsp3) is 0.542. The Kier molecular flexibility index (Phi) is 7.58. The number of nitrogens with zero attached hydrogens (tertiary/aromatic N) is 4. The Hall–Kier alpha value is -2.76. The van der Waals surface area contributed by atoms with Crippen molar-refractivity contribution in [2.75, 3.05) is 26.2 Å². The maximum absolute atomic E-state index is 13.3. The van der Waals surface area contributed by atoms with Gasteiger partial charge in [-0.3, -0.25) is 14.5 Å². The van der Waals surface area contributed by atoms with Gasteiger partial charge in [0, 0.05) is 45.5 Å². The molecule has 11 heteroatoms. The number of aromatic nitrogens is 2. The van der Waals surface area contributed by atoms with Crippen LogP contribution < -0.4 is 11.1 Å². The van der Waals surface area contributed by atoms with Crippen LogP contribution in [-0.2, 0) is 26.7 Å². The van der Waals surface area contributed by atoms with Crippen LogP contribution in [0.25, 0.3) is 0 Å². The molecule has 2 heterocycles. The summed E-state index contributed by atoms with van der Waals surface area (Å²) < 4.78 is 29.3. The average molecular weight is 503 g/mol. The highest BCUT2D eigenvalue weighted by Crippen LogP contribution is 2.31. The lowest BCUT2D eigenvalue weighted by Gasteiger charge is -2.43. The highest BCUT2D eigenvalue weighted by Gasteiger charge is 2.39. The van der Waals surface area contributed by atoms with Crippen LogP contribution in [0.1, 0.15) is 43.1 Å². The number of amides is 2. The predicted octanol–water partition coefficient (Wildman–Crippen LogP) is 0.936. The second kappa shape index (κ2) is 10.5. The summed E-state index contributed by atoms with van der Waals surface area (Å²) in [5.74, 6) is -0.416. The first kappa shape index (κ1) is 25.3. The summed E-state index contributed by atoms with van der Waals surface area (Å²) >= 11 is 0. The van der Waals surface area contributed by atoms with Gasteiger partial charge in [-0.15, -0.1) is 0 Å². The van der Waals surface area contributed by atoms with E-state index < -0.39 is 22.0 Å². The number of rotatable bonds is 7. The minimum Gasteiger partial charge on any atom is -0.368 e. The Balaban J connectivity index is 1.43. The number of benzene rings is 1. The number of imidazole rings is 1. The monoisotopic (exact) mass is 502 g/mol. The van der Waals surface area contributed by atoms with Crippen LogP contribution in [0.15, 0.2) is 41.6 Å². The van der Waals surface area contributed by atoms with E-state index >= 15 is 0 Å². The summed E-state index contributed by atoms with van der Waals surface area (Å²) in [6, 6.07) is 8.12. The summed E-state index contributed by atoms with van der Waals surface area (Å²) in [6.45, 7) is 3.54. The number of carbonyl (C=O) groups is 2. The molecular weight excluding hydrogens is 468 g/mol. The van der Waals surface area contributed by atoms with E-state index in [1.807, 2.05) is 6.07 Å². The highest BCUT2D eigenvalue weighted by molar-refractivity contribution is 7.89. The zero-order chi connectivity index (χ0) is 25.2. The fourth-order valence-corrected chi connectivity index (χ4v) is 6.57. The molecule has 1 aromatic heterocycles. The fourth-order valence-electron chi connectivity index (χ4n) is 5.13. The summed E-state index contributed by atoms with van der Waals surface area (Å²) in [6.07, 6.45) is 5.08. The van der Waals surface area contributed by atoms with Crippen molar-refractivity contribution >= 4 is 21.8 Å². The minimum absolute atomic E-state index is 0.00463. The molecule has 1 aromatic carbocycles. The van der Waals surface area contributed by atoms with Gasteiger partial charge < -0.3 is 15.6 Å². The third-order valence-electron chi connectivity index (χ3n) is 7.20. The van der Waals surface area contributed by atoms with Gasteiger partial charge in [-0.1, -0.05) is 43.2 Å². The molecule has 1 saturated carbocycles. The van der Waals surface area contributed by atoms with Crippen LogP contribution in [0, 0.1) is 12.8 Å². The van der Waals surface area contributed by atoms with Gasteiger partial charge >= 0.3 is 0 Å². The van der Waals surface area contributed by atoms with Crippen molar-refractivity contribution in [3.63, 3.8) is 0 Å². The summed E-state index contributed by atoms with van der Waals surface area (Å²) in [5, 5.41) is 2.95. The Morgan fingerprint density at radius 1 is 1.09 bits per heavy atom. The van der Waals surface area contributed by atoms with Crippen LogP contribution in [0.2, 0.25) is 0 Å². The van der Waals surface area contributed by atoms with E-state index in [2.05, 4.69) is 15.2 Å². The third-order valence-corrected chi connectivity index (χ3v) is 8.97. The zero-order valence-corrected chi connectivity index (χ0v) is 21.1. The number of nitrogens with two attached hydrogens (primary N) is 1. The number of piperazine rings is 1. The van der Waals surface area contributed by atoms with E-state index in [9.17, 15) is 18.0 Å². The molecule has 1 saturated heterocycles. The van der Waals surface area contributed by atoms with E-state index in [0.29, 0.717) is 37.6 Å². The molecule has 2 aliphatic rings. The smallest absolute Gasteiger partial charge is 0.262 e. The van der Waals surface area contributed by atoms with Gasteiger partial charge in [0.2, 0.25) is 11.8 Å². The molecule has 2 aromatic rings. The van der Waals surface area contributed by atoms with Gasteiger partial charge in [0.15, 0.2) is 5.03 Å². The lowest BCUT2D eigenvalue weighted by atomic mass is 9.82. The van der Waals surface area contributed by atoms with E-state index in [1.165, 1.54) is 4.31 Å². The maximum atomic E-state index is 13.3. The highest BCUT2D eigenvalue weighted by atomic mass is 32.2. The summed E-state index contributed by atoms with van der Waals surface area (Å²) in [4.78, 5) is 31.8. The molecule has 2 fully saturated rings. The summed E-state index contributed by atoms with van der Waals surface area (Å²) in [7, 11) is -1.89. The molecule has 3 atom stereocenters. The normalized spacial score (nSPS) is 23.0. The molecule has 0 spiro atoms. The number of sulfonamides is 1. The standard InChI is InChI=1S/C24H34N6O4S/c1-17-26-21(16-28(17)2)35(33,34)30-14-12-29(13-15-30)20-11-7-6-10-19(20)24(32)27-22(23(25)31)18-8-4-3-5-9-18/h3-5,8-9,16,19-20,22H,6-7,10-15H2,1-2H3,(H2,25,31)(H,27,32)/t19-,20-,22+/m1/s1. The molecule has 35 heavy (non-hydrogen) atoms. The molecule has 190 valence electrons. The van der Waals surface area contributed by atoms with Gasteiger partial charge in [0.05, 0.1) is 5.92 Å². The van der Waals surface area contributed by atoms with Crippen molar-refractivity contribution < 1.29 is 18.0 Å². The Labute approximate surface area is 206 Å². The molecule has 3 N–H and O–H groups in total. The minimum atomic E-state index is -3.66. The van der Waals surface area contributed by atoms with E-state index in [4.69, 9.17) is 5.73 Å². The van der Waals surface area contributed by atoms with E-state index in [-0.39, 0.29) is 22.9 Å². The predicted molar refractivity (Wildman–Crippen MR) is 131 cm³/mol. The van der Waals surface area contributed by atoms with Crippen molar-refractivity contribution in [3.8, 4) is 0 Å². The molecule has 4 rings (SSSR count). The first-order chi connectivity index (χ1) is 16.7. The van der Waals surface area contributed by atoms with Crippen molar-refractivity contribution in [3.05, 3.63) is 47.9 Å². The second-order valence-electron chi connectivity index (χ2n) is 9.39. The topological polar surface area (TPSA) is 131 Å². The van der Waals surface area contributed by atoms with E-state index in [1.54, 1.807) is 49.0 Å². The third kappa shape index (κ3) is 5.41. The van der Waals surface area contributed by atoms with Crippen LogP contribution in [0.4, 0.5) is 0 Å². The van der Waals surface area contributed by atoms with Gasteiger partial charge in [-0.2, -0.15) is 4.31 Å². The number of hydrogen-bond donors (Lipinski definition) is 2. The summed E-state index contributed by atoms with van der Waals surface area (Å²) in [5.41, 5.74) is 6.26. The van der Waals surface area contributed by atoms with Crippen molar-refractivity contribution in [2.45, 2.75) is 49.7 Å². The number of hydrogen-bond acceptors (Lipinski definition) is 6. The van der Waals surface area contributed by atoms with Gasteiger partial charge in [0.1, 0.15) is 11.9 Å². The Morgan fingerprint density at radius 3 is 2.34 bits per heavy atom. The molecule has 2 amide bonds. The molecule has 1 aliphatic carbocycles. The first-order valence-electron chi connectivity index (χ1n) is 12.1. The van der Waals surface area contributed by atoms with Gasteiger partial charge in [-0.25, -0.2) is 13.4 Å². The first-order valence-corrected chi connectivity index (χ1v) is 13.5. The van der Waals surface area contributed by atoms with Gasteiger partial charge in [0.25, 0.3) is 10.0 Å². The lowest BCUT2D eigenvalue weighted by molar-refractivity contribution is -0.133. The molecule has 0 radical (unpaired) electrons. The van der Waals surface area contributed by atoms with Crippen LogP contribution in [-0.4, -0.2) is 71.2 Å². The molecule has 10 nitrogen and oxygen atoms in total. The van der Waals surface area contributed by atoms with Crippen molar-refractivity contribution in [2.24, 2.45) is 18.7 Å². The van der Waals surface area contributed by atoms with Crippen molar-refractivity contribution in [1.82, 2.24) is 24.1 Å². The van der Waals surface area contributed by atoms with Crippen molar-refractivity contribution in [1.29, 1.82) is 0 Å². The molecular formula is C24H34N6O4S. The van der Waals surface area contributed by atoms with Crippen LogP contribution in [0.5, 0.6) is 0 Å². The number of primary amides is 1. The second-order valence-corrected chi connectivity index (χ2v) is 11.3. The van der Waals surface area contributed by atoms with Crippen LogP contribution >= 0.6 is 0 Å². The van der Waals surface area contributed by atoms with Crippen LogP contribution in [0.3, 0.4) is 0 Å². The number of aryl methyl sites for hydroxylation is 2. The quantitative estimate of drug-likeness (QED) is 0.579.